The second-order valence-electron chi connectivity index (χ2n) is 5.01. The number of aliphatic hydroxyl groups is 1. The molecule has 2 aliphatic rings. The van der Waals surface area contributed by atoms with Crippen LogP contribution in [0.1, 0.15) is 38.5 Å². The Morgan fingerprint density at radius 3 is 2.38 bits per heavy atom. The molecule has 0 aromatic rings. The normalized spacial score (nSPS) is 27.0. The van der Waals surface area contributed by atoms with Crippen LogP contribution in [0.4, 0.5) is 0 Å². The zero-order valence-corrected chi connectivity index (χ0v) is 8.63. The highest BCUT2D eigenvalue weighted by molar-refractivity contribution is 4.91. The number of aliphatic hydroxyl groups excluding tert-OH is 1. The zero-order valence-electron chi connectivity index (χ0n) is 8.63. The van der Waals surface area contributed by atoms with Gasteiger partial charge in [-0.15, -0.1) is 0 Å². The fraction of sp³-hybridized carbons (Fsp3) is 1.00. The van der Waals surface area contributed by atoms with Crippen molar-refractivity contribution < 1.29 is 5.11 Å². The lowest BCUT2D eigenvalue weighted by Crippen LogP contribution is -2.37. The molecule has 2 nitrogen and oxygen atoms in total. The van der Waals surface area contributed by atoms with E-state index < -0.39 is 0 Å². The molecular formula is C11H21NO. The van der Waals surface area contributed by atoms with Gasteiger partial charge >= 0.3 is 0 Å². The van der Waals surface area contributed by atoms with Gasteiger partial charge < -0.3 is 10.0 Å². The van der Waals surface area contributed by atoms with E-state index in [1.165, 1.54) is 38.5 Å². The number of nitrogens with zero attached hydrogens (tertiary/aromatic N) is 1. The van der Waals surface area contributed by atoms with Crippen LogP contribution in [0.5, 0.6) is 0 Å². The molecule has 76 valence electrons. The minimum absolute atomic E-state index is 0.261. The second-order valence-corrected chi connectivity index (χ2v) is 5.01. The van der Waals surface area contributed by atoms with Gasteiger partial charge in [0.15, 0.2) is 0 Å². The monoisotopic (exact) mass is 183 g/mol. The summed E-state index contributed by atoms with van der Waals surface area (Å²) in [5.41, 5.74) is 0.261. The Bertz CT molecular complexity index is 171. The van der Waals surface area contributed by atoms with Crippen molar-refractivity contribution >= 4 is 0 Å². The van der Waals surface area contributed by atoms with E-state index in [1.807, 2.05) is 0 Å². The van der Waals surface area contributed by atoms with Gasteiger partial charge in [-0.2, -0.15) is 0 Å². The Hall–Kier alpha value is -0.0800. The van der Waals surface area contributed by atoms with Gasteiger partial charge in [0.25, 0.3) is 0 Å². The summed E-state index contributed by atoms with van der Waals surface area (Å²) < 4.78 is 0. The lowest BCUT2D eigenvalue weighted by molar-refractivity contribution is 0.0862. The standard InChI is InChI=1S/C11H21NO/c1-12(10-4-5-10)8-11(9-13)6-2-3-7-11/h10,13H,2-9H2,1H3. The van der Waals surface area contributed by atoms with Crippen LogP contribution in [0.2, 0.25) is 0 Å². The summed E-state index contributed by atoms with van der Waals surface area (Å²) >= 11 is 0. The van der Waals surface area contributed by atoms with Crippen LogP contribution in [-0.4, -0.2) is 36.2 Å². The van der Waals surface area contributed by atoms with Crippen molar-refractivity contribution in [2.24, 2.45) is 5.41 Å². The number of rotatable bonds is 4. The maximum Gasteiger partial charge on any atom is 0.0499 e. The highest BCUT2D eigenvalue weighted by Gasteiger charge is 2.37. The van der Waals surface area contributed by atoms with E-state index in [0.29, 0.717) is 6.61 Å². The maximum absolute atomic E-state index is 9.44. The van der Waals surface area contributed by atoms with Crippen molar-refractivity contribution in [2.75, 3.05) is 20.2 Å². The highest BCUT2D eigenvalue weighted by atomic mass is 16.3. The van der Waals surface area contributed by atoms with Gasteiger partial charge in [-0.1, -0.05) is 12.8 Å². The first-order valence-corrected chi connectivity index (χ1v) is 5.57. The Morgan fingerprint density at radius 2 is 1.92 bits per heavy atom. The van der Waals surface area contributed by atoms with E-state index in [2.05, 4.69) is 11.9 Å². The third-order valence-electron chi connectivity index (χ3n) is 3.75. The molecule has 0 spiro atoms. The highest BCUT2D eigenvalue weighted by Crippen LogP contribution is 2.40. The molecule has 0 heterocycles. The van der Waals surface area contributed by atoms with Gasteiger partial charge in [0.05, 0.1) is 0 Å². The largest absolute Gasteiger partial charge is 0.396 e. The van der Waals surface area contributed by atoms with E-state index >= 15 is 0 Å². The molecule has 0 saturated heterocycles. The summed E-state index contributed by atoms with van der Waals surface area (Å²) in [5, 5.41) is 9.44. The summed E-state index contributed by atoms with van der Waals surface area (Å²) in [6, 6.07) is 0.837. The summed E-state index contributed by atoms with van der Waals surface area (Å²) in [5.74, 6) is 0. The fourth-order valence-corrected chi connectivity index (χ4v) is 2.66. The van der Waals surface area contributed by atoms with Gasteiger partial charge in [0.2, 0.25) is 0 Å². The molecule has 0 aromatic heterocycles. The van der Waals surface area contributed by atoms with Crippen molar-refractivity contribution in [3.05, 3.63) is 0 Å². The van der Waals surface area contributed by atoms with Crippen LogP contribution in [0.25, 0.3) is 0 Å². The van der Waals surface area contributed by atoms with Crippen molar-refractivity contribution in [3.63, 3.8) is 0 Å². The van der Waals surface area contributed by atoms with Crippen LogP contribution in [0.3, 0.4) is 0 Å². The second kappa shape index (κ2) is 3.58. The molecule has 0 amide bonds. The van der Waals surface area contributed by atoms with Crippen LogP contribution < -0.4 is 0 Å². The van der Waals surface area contributed by atoms with Crippen molar-refractivity contribution in [2.45, 2.75) is 44.6 Å². The molecule has 2 saturated carbocycles. The van der Waals surface area contributed by atoms with Crippen molar-refractivity contribution in [3.8, 4) is 0 Å². The predicted molar refractivity (Wildman–Crippen MR) is 53.6 cm³/mol. The minimum Gasteiger partial charge on any atom is -0.396 e. The molecular weight excluding hydrogens is 162 g/mol. The summed E-state index contributed by atoms with van der Waals surface area (Å²) in [7, 11) is 2.22. The fourth-order valence-electron chi connectivity index (χ4n) is 2.66. The van der Waals surface area contributed by atoms with E-state index in [0.717, 1.165) is 12.6 Å². The summed E-state index contributed by atoms with van der Waals surface area (Å²) in [4.78, 5) is 2.46. The van der Waals surface area contributed by atoms with Crippen LogP contribution in [0, 0.1) is 5.41 Å². The molecule has 13 heavy (non-hydrogen) atoms. The third kappa shape index (κ3) is 2.05. The van der Waals surface area contributed by atoms with Crippen LogP contribution >= 0.6 is 0 Å². The summed E-state index contributed by atoms with van der Waals surface area (Å²) in [6.45, 7) is 1.51. The molecule has 0 aliphatic heterocycles. The van der Waals surface area contributed by atoms with E-state index in [-0.39, 0.29) is 5.41 Å². The summed E-state index contributed by atoms with van der Waals surface area (Å²) in [6.07, 6.45) is 7.86. The smallest absolute Gasteiger partial charge is 0.0499 e. The number of hydrogen-bond donors (Lipinski definition) is 1. The van der Waals surface area contributed by atoms with E-state index in [1.54, 1.807) is 0 Å². The molecule has 2 fully saturated rings. The lowest BCUT2D eigenvalue weighted by atomic mass is 9.86. The van der Waals surface area contributed by atoms with Gasteiger partial charge in [-0.05, 0) is 32.7 Å². The zero-order chi connectivity index (χ0) is 9.31. The quantitative estimate of drug-likeness (QED) is 0.716. The number of hydrogen-bond acceptors (Lipinski definition) is 2. The Morgan fingerprint density at radius 1 is 1.31 bits per heavy atom. The van der Waals surface area contributed by atoms with Crippen LogP contribution in [0.15, 0.2) is 0 Å². The van der Waals surface area contributed by atoms with Gasteiger partial charge in [0, 0.05) is 24.6 Å². The molecule has 0 radical (unpaired) electrons. The first-order chi connectivity index (χ1) is 6.26. The first kappa shape index (κ1) is 9.47. The Labute approximate surface area is 80.9 Å². The molecule has 2 aliphatic carbocycles. The van der Waals surface area contributed by atoms with Crippen LogP contribution in [-0.2, 0) is 0 Å². The lowest BCUT2D eigenvalue weighted by Gasteiger charge is -2.31. The predicted octanol–water partition coefficient (Wildman–Crippen LogP) is 1.63. The topological polar surface area (TPSA) is 23.5 Å². The molecule has 0 bridgehead atoms. The molecule has 0 atom stereocenters. The average Bonchev–Trinajstić information content (AvgIpc) is 2.89. The van der Waals surface area contributed by atoms with Gasteiger partial charge in [0.1, 0.15) is 0 Å². The minimum atomic E-state index is 0.261. The van der Waals surface area contributed by atoms with Gasteiger partial charge in [-0.25, -0.2) is 0 Å². The molecule has 2 rings (SSSR count). The van der Waals surface area contributed by atoms with E-state index in [4.69, 9.17) is 0 Å². The SMILES string of the molecule is CN(CC1(CO)CCCC1)C1CC1. The first-order valence-electron chi connectivity index (χ1n) is 5.57. The maximum atomic E-state index is 9.44. The van der Waals surface area contributed by atoms with Crippen molar-refractivity contribution in [1.29, 1.82) is 0 Å². The molecule has 0 unspecified atom stereocenters. The Balaban J connectivity index is 1.88. The Kier molecular flexibility index (Phi) is 2.61. The van der Waals surface area contributed by atoms with E-state index in [9.17, 15) is 5.11 Å². The molecule has 1 N–H and O–H groups in total. The average molecular weight is 183 g/mol. The van der Waals surface area contributed by atoms with Gasteiger partial charge in [-0.3, -0.25) is 0 Å². The molecule has 2 heteroatoms. The molecule has 0 aromatic carbocycles. The third-order valence-corrected chi connectivity index (χ3v) is 3.75. The van der Waals surface area contributed by atoms with Crippen molar-refractivity contribution in [1.82, 2.24) is 4.90 Å².